The molecule has 0 atom stereocenters. The second-order valence-electron chi connectivity index (χ2n) is 6.66. The average Bonchev–Trinajstić information content (AvgIpc) is 2.34. The molecule has 0 unspecified atom stereocenters. The number of nitrogen functional groups attached to an aromatic ring is 2. The van der Waals surface area contributed by atoms with E-state index in [0.717, 1.165) is 18.4 Å². The molecule has 1 aromatic rings. The van der Waals surface area contributed by atoms with Gasteiger partial charge in [0.2, 0.25) is 0 Å². The van der Waals surface area contributed by atoms with Crippen molar-refractivity contribution in [3.63, 3.8) is 0 Å². The molecule has 0 aliphatic carbocycles. The smallest absolute Gasteiger partial charge is 0.338 e. The highest BCUT2D eigenvalue weighted by atomic mass is 16.5. The number of benzene rings is 1. The van der Waals surface area contributed by atoms with E-state index in [9.17, 15) is 4.79 Å². The molecule has 1 rings (SSSR count). The van der Waals surface area contributed by atoms with Crippen molar-refractivity contribution in [1.82, 2.24) is 0 Å². The molecular formula is C17H28N2O2. The van der Waals surface area contributed by atoms with E-state index in [1.165, 1.54) is 0 Å². The second kappa shape index (κ2) is 6.83. The second-order valence-corrected chi connectivity index (χ2v) is 6.66. The number of carbonyl (C=O) groups is 1. The Morgan fingerprint density at radius 1 is 1.24 bits per heavy atom. The number of ether oxygens (including phenoxy) is 1. The SMILES string of the molecule is CCCC(C)(C)c1c(N)cc(C(=O)OCC(C)C)cc1N. The first-order valence-electron chi connectivity index (χ1n) is 7.55. The number of carbonyl (C=O) groups excluding carboxylic acids is 1. The van der Waals surface area contributed by atoms with Crippen LogP contribution in [0.3, 0.4) is 0 Å². The topological polar surface area (TPSA) is 78.3 Å². The molecule has 0 amide bonds. The monoisotopic (exact) mass is 292 g/mol. The maximum atomic E-state index is 12.0. The third-order valence-corrected chi connectivity index (χ3v) is 3.53. The van der Waals surface area contributed by atoms with Crippen molar-refractivity contribution in [2.75, 3.05) is 18.1 Å². The zero-order valence-electron chi connectivity index (χ0n) is 13.8. The molecule has 118 valence electrons. The van der Waals surface area contributed by atoms with Crippen molar-refractivity contribution in [2.24, 2.45) is 5.92 Å². The third-order valence-electron chi connectivity index (χ3n) is 3.53. The number of hydrogen-bond donors (Lipinski definition) is 2. The summed E-state index contributed by atoms with van der Waals surface area (Å²) in [5.41, 5.74) is 14.6. The standard InChI is InChI=1S/C17H28N2O2/c1-6-7-17(4,5)15-13(18)8-12(9-14(15)19)16(20)21-10-11(2)3/h8-9,11H,6-7,10,18-19H2,1-5H3. The normalized spacial score (nSPS) is 11.7. The Kier molecular flexibility index (Phi) is 5.64. The van der Waals surface area contributed by atoms with Crippen LogP contribution in [-0.2, 0) is 10.2 Å². The van der Waals surface area contributed by atoms with Gasteiger partial charge in [-0.05, 0) is 29.9 Å². The first kappa shape index (κ1) is 17.3. The van der Waals surface area contributed by atoms with Crippen LogP contribution in [0.2, 0.25) is 0 Å². The van der Waals surface area contributed by atoms with Crippen LogP contribution in [0.4, 0.5) is 11.4 Å². The fourth-order valence-electron chi connectivity index (χ4n) is 2.66. The Morgan fingerprint density at radius 2 is 1.76 bits per heavy atom. The van der Waals surface area contributed by atoms with Crippen molar-refractivity contribution in [2.45, 2.75) is 52.9 Å². The maximum absolute atomic E-state index is 12.0. The average molecular weight is 292 g/mol. The summed E-state index contributed by atoms with van der Waals surface area (Å²) in [5.74, 6) is -0.0756. The van der Waals surface area contributed by atoms with Gasteiger partial charge in [-0.25, -0.2) is 4.79 Å². The quantitative estimate of drug-likeness (QED) is 0.618. The van der Waals surface area contributed by atoms with Crippen LogP contribution in [-0.4, -0.2) is 12.6 Å². The number of esters is 1. The number of anilines is 2. The lowest BCUT2D eigenvalue weighted by molar-refractivity contribution is 0.0459. The lowest BCUT2D eigenvalue weighted by atomic mass is 9.78. The zero-order chi connectivity index (χ0) is 16.2. The van der Waals surface area contributed by atoms with Gasteiger partial charge in [0.15, 0.2) is 0 Å². The lowest BCUT2D eigenvalue weighted by Crippen LogP contribution is -2.21. The fourth-order valence-corrected chi connectivity index (χ4v) is 2.66. The summed E-state index contributed by atoms with van der Waals surface area (Å²) in [6.45, 7) is 10.7. The molecule has 4 nitrogen and oxygen atoms in total. The van der Waals surface area contributed by atoms with E-state index in [2.05, 4.69) is 20.8 Å². The minimum atomic E-state index is -0.373. The van der Waals surface area contributed by atoms with E-state index in [1.54, 1.807) is 12.1 Å². The summed E-state index contributed by atoms with van der Waals surface area (Å²) in [4.78, 5) is 12.0. The number of rotatable bonds is 6. The summed E-state index contributed by atoms with van der Waals surface area (Å²) < 4.78 is 5.22. The third kappa shape index (κ3) is 4.38. The number of hydrogen-bond acceptors (Lipinski definition) is 4. The van der Waals surface area contributed by atoms with Gasteiger partial charge in [-0.1, -0.05) is 41.0 Å². The van der Waals surface area contributed by atoms with E-state index in [0.29, 0.717) is 29.5 Å². The van der Waals surface area contributed by atoms with Crippen LogP contribution in [0, 0.1) is 5.92 Å². The molecule has 0 saturated heterocycles. The maximum Gasteiger partial charge on any atom is 0.338 e. The van der Waals surface area contributed by atoms with Crippen LogP contribution in [0.5, 0.6) is 0 Å². The Morgan fingerprint density at radius 3 is 2.19 bits per heavy atom. The molecule has 0 bridgehead atoms. The van der Waals surface area contributed by atoms with E-state index < -0.39 is 0 Å². The van der Waals surface area contributed by atoms with Crippen molar-refractivity contribution >= 4 is 17.3 Å². The molecule has 0 heterocycles. The van der Waals surface area contributed by atoms with Gasteiger partial charge in [-0.15, -0.1) is 0 Å². The van der Waals surface area contributed by atoms with Gasteiger partial charge in [0.25, 0.3) is 0 Å². The Balaban J connectivity index is 3.07. The van der Waals surface area contributed by atoms with E-state index in [1.807, 2.05) is 13.8 Å². The van der Waals surface area contributed by atoms with Gasteiger partial charge in [0.1, 0.15) is 0 Å². The summed E-state index contributed by atoms with van der Waals surface area (Å²) in [7, 11) is 0. The number of nitrogens with two attached hydrogens (primary N) is 2. The van der Waals surface area contributed by atoms with Crippen LogP contribution >= 0.6 is 0 Å². The van der Waals surface area contributed by atoms with Crippen molar-refractivity contribution < 1.29 is 9.53 Å². The van der Waals surface area contributed by atoms with Crippen molar-refractivity contribution in [3.8, 4) is 0 Å². The Hall–Kier alpha value is -1.71. The first-order valence-corrected chi connectivity index (χ1v) is 7.55. The van der Waals surface area contributed by atoms with Crippen LogP contribution in [0.1, 0.15) is 63.4 Å². The molecule has 0 aromatic heterocycles. The van der Waals surface area contributed by atoms with E-state index >= 15 is 0 Å². The van der Waals surface area contributed by atoms with Gasteiger partial charge in [0.05, 0.1) is 12.2 Å². The van der Waals surface area contributed by atoms with Crippen LogP contribution in [0.25, 0.3) is 0 Å². The summed E-state index contributed by atoms with van der Waals surface area (Å²) in [6.07, 6.45) is 2.03. The van der Waals surface area contributed by atoms with Gasteiger partial charge in [-0.3, -0.25) is 0 Å². The molecule has 0 saturated carbocycles. The molecular weight excluding hydrogens is 264 g/mol. The first-order chi connectivity index (χ1) is 9.69. The molecule has 4 heteroatoms. The van der Waals surface area contributed by atoms with Gasteiger partial charge >= 0.3 is 5.97 Å². The molecule has 0 spiro atoms. The predicted octanol–water partition coefficient (Wildman–Crippen LogP) is 3.74. The lowest BCUT2D eigenvalue weighted by Gasteiger charge is -2.28. The van der Waals surface area contributed by atoms with Gasteiger partial charge in [0, 0.05) is 16.9 Å². The Bertz CT molecular complexity index is 485. The van der Waals surface area contributed by atoms with Crippen molar-refractivity contribution in [1.29, 1.82) is 0 Å². The minimum absolute atomic E-state index is 0.108. The fraction of sp³-hybridized carbons (Fsp3) is 0.588. The van der Waals surface area contributed by atoms with Gasteiger partial charge < -0.3 is 16.2 Å². The zero-order valence-corrected chi connectivity index (χ0v) is 13.8. The predicted molar refractivity (Wildman–Crippen MR) is 88.3 cm³/mol. The minimum Gasteiger partial charge on any atom is -0.462 e. The highest BCUT2D eigenvalue weighted by Gasteiger charge is 2.26. The highest BCUT2D eigenvalue weighted by molar-refractivity contribution is 5.92. The van der Waals surface area contributed by atoms with Gasteiger partial charge in [-0.2, -0.15) is 0 Å². The molecule has 4 N–H and O–H groups in total. The summed E-state index contributed by atoms with van der Waals surface area (Å²) in [5, 5.41) is 0. The van der Waals surface area contributed by atoms with Crippen molar-refractivity contribution in [3.05, 3.63) is 23.3 Å². The summed E-state index contributed by atoms with van der Waals surface area (Å²) in [6, 6.07) is 3.34. The van der Waals surface area contributed by atoms with E-state index in [4.69, 9.17) is 16.2 Å². The molecule has 0 aliphatic heterocycles. The highest BCUT2D eigenvalue weighted by Crippen LogP contribution is 2.37. The molecule has 0 fully saturated rings. The van der Waals surface area contributed by atoms with Crippen LogP contribution < -0.4 is 11.5 Å². The largest absolute Gasteiger partial charge is 0.462 e. The molecule has 21 heavy (non-hydrogen) atoms. The molecule has 1 aromatic carbocycles. The summed E-state index contributed by atoms with van der Waals surface area (Å²) >= 11 is 0. The Labute approximate surface area is 127 Å². The van der Waals surface area contributed by atoms with Crippen LogP contribution in [0.15, 0.2) is 12.1 Å². The molecule has 0 aliphatic rings. The van der Waals surface area contributed by atoms with E-state index in [-0.39, 0.29) is 11.4 Å². The molecule has 0 radical (unpaired) electrons.